The Kier molecular flexibility index (Phi) is 13.5. The molecule has 9 heterocycles. The summed E-state index contributed by atoms with van der Waals surface area (Å²) in [5.41, 5.74) is 4.00. The maximum Gasteiger partial charge on any atom is 0.276 e. The van der Waals surface area contributed by atoms with Gasteiger partial charge in [-0.1, -0.05) is 34.8 Å². The van der Waals surface area contributed by atoms with Gasteiger partial charge in [-0.05, 0) is 129 Å². The monoisotopic (exact) mass is 1070 g/mol. The number of carbonyl (C=O) groups excluding carboxylic acids is 3. The van der Waals surface area contributed by atoms with E-state index >= 15 is 0 Å². The quantitative estimate of drug-likeness (QED) is 0.113. The van der Waals surface area contributed by atoms with E-state index in [9.17, 15) is 28.8 Å². The molecule has 3 amide bonds. The van der Waals surface area contributed by atoms with Crippen molar-refractivity contribution in [2.24, 2.45) is 0 Å². The number of rotatable bonds is 4. The minimum absolute atomic E-state index is 0.190. The van der Waals surface area contributed by atoms with Crippen LogP contribution >= 0.6 is 50.7 Å². The zero-order valence-electron chi connectivity index (χ0n) is 37.0. The van der Waals surface area contributed by atoms with Crippen LogP contribution in [0.1, 0.15) is 109 Å². The zero-order valence-corrected chi connectivity index (χ0v) is 40.8. The Morgan fingerprint density at radius 1 is 0.514 bits per heavy atom. The second-order valence-corrected chi connectivity index (χ2v) is 19.3. The van der Waals surface area contributed by atoms with Crippen molar-refractivity contribution < 1.29 is 14.4 Å². The van der Waals surface area contributed by atoms with Crippen LogP contribution in [0.5, 0.6) is 0 Å². The van der Waals surface area contributed by atoms with Crippen molar-refractivity contribution in [3.8, 4) is 0 Å². The van der Waals surface area contributed by atoms with Crippen LogP contribution in [0.4, 0.5) is 28.8 Å². The van der Waals surface area contributed by atoms with Crippen LogP contribution in [0, 0.1) is 0 Å². The molecule has 0 aromatic carbocycles. The molecule has 6 aliphatic rings. The van der Waals surface area contributed by atoms with Crippen LogP contribution in [0.3, 0.4) is 0 Å². The first-order valence-electron chi connectivity index (χ1n) is 22.2. The van der Waals surface area contributed by atoms with Crippen LogP contribution in [0.2, 0.25) is 15.1 Å². The number of halogens is 4. The molecule has 6 aromatic heterocycles. The first-order chi connectivity index (χ1) is 33.7. The summed E-state index contributed by atoms with van der Waals surface area (Å²) in [6.07, 6.45) is 19.3. The van der Waals surface area contributed by atoms with Gasteiger partial charge in [0, 0.05) is 18.6 Å². The summed E-state index contributed by atoms with van der Waals surface area (Å²) >= 11 is 21.8. The summed E-state index contributed by atoms with van der Waals surface area (Å²) in [6.45, 7) is 0. The van der Waals surface area contributed by atoms with Gasteiger partial charge < -0.3 is 32.3 Å². The first kappa shape index (κ1) is 48.3. The fourth-order valence-electron chi connectivity index (χ4n) is 9.97. The Morgan fingerprint density at radius 3 is 1.17 bits per heavy atom. The van der Waals surface area contributed by atoms with Crippen molar-refractivity contribution in [2.45, 2.75) is 94.0 Å². The Morgan fingerprint density at radius 2 is 0.857 bits per heavy atom. The van der Waals surface area contributed by atoms with Gasteiger partial charge in [-0.15, -0.1) is 0 Å². The summed E-state index contributed by atoms with van der Waals surface area (Å²) in [5, 5.41) is 15.6. The summed E-state index contributed by atoms with van der Waals surface area (Å²) in [4.78, 5) is 97.6. The fraction of sp³-hybridized carbons (Fsp3) is 0.333. The minimum Gasteiger partial charge on any atom is -0.384 e. The normalized spacial score (nSPS) is 17.7. The molecule has 0 atom stereocenters. The molecule has 3 aliphatic heterocycles. The molecule has 0 saturated heterocycles. The van der Waals surface area contributed by atoms with Crippen LogP contribution in [-0.4, -0.2) is 61.3 Å². The molecule has 3 aliphatic carbocycles. The predicted molar refractivity (Wildman–Crippen MR) is 264 cm³/mol. The number of nitrogen functional groups attached to an aromatic ring is 1. The molecule has 6 aromatic rings. The topological polar surface area (TPSA) is 281 Å². The molecule has 25 heteroatoms. The lowest BCUT2D eigenvalue weighted by Crippen LogP contribution is -2.45. The lowest BCUT2D eigenvalue weighted by atomic mass is 10.1. The van der Waals surface area contributed by atoms with Gasteiger partial charge in [-0.3, -0.25) is 42.5 Å². The van der Waals surface area contributed by atoms with Gasteiger partial charge in [-0.25, -0.2) is 29.9 Å². The van der Waals surface area contributed by atoms with E-state index in [-0.39, 0.29) is 55.8 Å². The Hall–Kier alpha value is -6.75. The van der Waals surface area contributed by atoms with Gasteiger partial charge in [-0.2, -0.15) is 0 Å². The van der Waals surface area contributed by atoms with Crippen molar-refractivity contribution in [1.82, 2.24) is 59.6 Å². The number of nitrogens with one attached hydrogen (secondary N) is 5. The van der Waals surface area contributed by atoms with Crippen molar-refractivity contribution in [2.75, 3.05) is 16.4 Å². The molecule has 70 heavy (non-hydrogen) atoms. The van der Waals surface area contributed by atoms with Crippen LogP contribution in [0.15, 0.2) is 92.8 Å². The average molecular weight is 1080 g/mol. The van der Waals surface area contributed by atoms with E-state index < -0.39 is 17.0 Å². The third-order valence-corrected chi connectivity index (χ3v) is 14.4. The van der Waals surface area contributed by atoms with Crippen molar-refractivity contribution >= 4 is 97.3 Å². The number of amides is 3. The minimum atomic E-state index is -0.642. The van der Waals surface area contributed by atoms with Gasteiger partial charge in [0.25, 0.3) is 34.4 Å². The summed E-state index contributed by atoms with van der Waals surface area (Å²) in [6, 6.07) is 9.39. The van der Waals surface area contributed by atoms with Crippen LogP contribution in [0.25, 0.3) is 0 Å². The number of pyridine rings is 3. The molecule has 21 nitrogen and oxygen atoms in total. The third-order valence-electron chi connectivity index (χ3n) is 13.0. The van der Waals surface area contributed by atoms with Gasteiger partial charge >= 0.3 is 0 Å². The van der Waals surface area contributed by atoms with E-state index in [0.717, 1.165) is 77.0 Å². The standard InChI is InChI=1S/2C15H14ClN5O2.C11H10BrClN2O2.C4H5N3/c2*16-9-7-10(19-11-3-6-17-8-18-11)14(23)21-12(9)13(22)20-15(21)4-1-2-5-15;12-6-5-7(13)8-9(16)14-11(3-1-2-4-11)15(8)10(6)17;5-4-1-2-6-3-7-4/h2*3,6-8H,1-2,4-5H2,(H,20,22)(H,17,18,19);5H,1-4H2,(H,14,16);1-3H,(H2,5,6,7). The van der Waals surface area contributed by atoms with E-state index in [0.29, 0.717) is 44.0 Å². The number of nitrogens with zero attached hydrogens (tertiary/aromatic N) is 9. The van der Waals surface area contributed by atoms with Gasteiger partial charge in [0.1, 0.15) is 81.9 Å². The molecule has 362 valence electrons. The molecule has 3 spiro atoms. The molecule has 12 rings (SSSR count). The van der Waals surface area contributed by atoms with Gasteiger partial charge in [0.2, 0.25) is 0 Å². The lowest BCUT2D eigenvalue weighted by Gasteiger charge is -2.26. The van der Waals surface area contributed by atoms with Crippen LogP contribution < -0.4 is 49.0 Å². The third kappa shape index (κ3) is 8.99. The van der Waals surface area contributed by atoms with Crippen molar-refractivity contribution in [3.63, 3.8) is 0 Å². The van der Waals surface area contributed by atoms with Gasteiger partial charge in [0.05, 0.1) is 19.5 Å². The highest BCUT2D eigenvalue weighted by Gasteiger charge is 2.49. The number of aromatic nitrogens is 9. The van der Waals surface area contributed by atoms with E-state index in [1.165, 1.54) is 50.9 Å². The number of hydrogen-bond acceptors (Lipinski definition) is 15. The summed E-state index contributed by atoms with van der Waals surface area (Å²) in [7, 11) is 0. The Bertz CT molecular complexity index is 3050. The van der Waals surface area contributed by atoms with E-state index in [2.05, 4.69) is 72.4 Å². The van der Waals surface area contributed by atoms with E-state index in [1.807, 2.05) is 0 Å². The largest absolute Gasteiger partial charge is 0.384 e. The van der Waals surface area contributed by atoms with Crippen molar-refractivity contribution in [3.05, 3.63) is 142 Å². The number of carbonyl (C=O) groups is 3. The number of fused-ring (bicyclic) bond motifs is 6. The summed E-state index contributed by atoms with van der Waals surface area (Å²) in [5.74, 6) is 0.666. The van der Waals surface area contributed by atoms with Crippen molar-refractivity contribution in [1.29, 1.82) is 0 Å². The number of anilines is 5. The molecule has 0 radical (unpaired) electrons. The highest BCUT2D eigenvalue weighted by Crippen LogP contribution is 2.42. The molecule has 3 fully saturated rings. The molecule has 0 unspecified atom stereocenters. The first-order valence-corrected chi connectivity index (χ1v) is 24.2. The molecule has 7 N–H and O–H groups in total. The molecule has 3 saturated carbocycles. The van der Waals surface area contributed by atoms with E-state index in [1.54, 1.807) is 36.8 Å². The predicted octanol–water partition coefficient (Wildman–Crippen LogP) is 6.30. The highest BCUT2D eigenvalue weighted by molar-refractivity contribution is 9.10. The van der Waals surface area contributed by atoms with E-state index in [4.69, 9.17) is 40.5 Å². The smallest absolute Gasteiger partial charge is 0.276 e. The maximum atomic E-state index is 12.9. The Labute approximate surface area is 421 Å². The SMILES string of the molecule is Nc1ccncn1.O=C1NC2(CCCC2)n2c1c(Cl)cc(Br)c2=O.O=C1NC2(CCCC2)n2c1c(Cl)cc(Nc1ccncn1)c2=O.O=C1NC2(CCCC2)n2c1c(Cl)cc(Nc1ccncn1)c2=O. The van der Waals surface area contributed by atoms with Crippen LogP contribution in [-0.2, 0) is 17.0 Å². The second-order valence-electron chi connectivity index (χ2n) is 17.3. The number of hydrogen-bond donors (Lipinski definition) is 6. The fourth-order valence-corrected chi connectivity index (χ4v) is 11.3. The maximum absolute atomic E-state index is 12.9. The zero-order chi connectivity index (χ0) is 49.4. The lowest BCUT2D eigenvalue weighted by molar-refractivity contribution is 0.0911. The summed E-state index contributed by atoms with van der Waals surface area (Å²) < 4.78 is 4.98. The average Bonchev–Trinajstić information content (AvgIpc) is 4.22. The highest BCUT2D eigenvalue weighted by atomic mass is 79.9. The Balaban J connectivity index is 0.000000123. The van der Waals surface area contributed by atoms with Gasteiger partial charge in [0.15, 0.2) is 0 Å². The second kappa shape index (κ2) is 19.6. The molecular weight excluding hydrogens is 1030 g/mol. The number of nitrogens with two attached hydrogens (primary N) is 1. The molecular formula is C45H43BrCl3N15O6. The molecule has 0 bridgehead atoms.